The maximum absolute atomic E-state index is 12.1. The monoisotopic (exact) mass is 230 g/mol. The number of benzene rings is 1. The van der Waals surface area contributed by atoms with Gasteiger partial charge in [-0.2, -0.15) is 0 Å². The summed E-state index contributed by atoms with van der Waals surface area (Å²) in [5.41, 5.74) is 1.32. The SMILES string of the molecule is O=C(CC1CCCO1)C1CC1c1ccccc1. The van der Waals surface area contributed by atoms with Crippen molar-refractivity contribution in [3.05, 3.63) is 35.9 Å². The second kappa shape index (κ2) is 4.61. The molecule has 2 fully saturated rings. The first-order valence-electron chi connectivity index (χ1n) is 6.54. The van der Waals surface area contributed by atoms with Crippen LogP contribution >= 0.6 is 0 Å². The van der Waals surface area contributed by atoms with Gasteiger partial charge < -0.3 is 4.74 Å². The van der Waals surface area contributed by atoms with Gasteiger partial charge in [0.15, 0.2) is 0 Å². The number of rotatable bonds is 4. The fraction of sp³-hybridized carbons (Fsp3) is 0.533. The zero-order chi connectivity index (χ0) is 11.7. The van der Waals surface area contributed by atoms with Crippen molar-refractivity contribution in [3.8, 4) is 0 Å². The molecular formula is C15H18O2. The molecule has 2 heteroatoms. The van der Waals surface area contributed by atoms with Gasteiger partial charge in [-0.25, -0.2) is 0 Å². The van der Waals surface area contributed by atoms with Crippen molar-refractivity contribution in [2.45, 2.75) is 37.7 Å². The van der Waals surface area contributed by atoms with E-state index >= 15 is 0 Å². The van der Waals surface area contributed by atoms with Gasteiger partial charge in [0.25, 0.3) is 0 Å². The molecule has 0 N–H and O–H groups in total. The molecule has 0 bridgehead atoms. The average molecular weight is 230 g/mol. The summed E-state index contributed by atoms with van der Waals surface area (Å²) in [5.74, 6) is 1.15. The first-order valence-corrected chi connectivity index (χ1v) is 6.54. The average Bonchev–Trinajstić information content (AvgIpc) is 3.02. The van der Waals surface area contributed by atoms with Crippen LogP contribution in [0.5, 0.6) is 0 Å². The minimum absolute atomic E-state index is 0.208. The van der Waals surface area contributed by atoms with Crippen LogP contribution in [-0.2, 0) is 9.53 Å². The number of carbonyl (C=O) groups is 1. The van der Waals surface area contributed by atoms with E-state index in [1.807, 2.05) is 6.07 Å². The van der Waals surface area contributed by atoms with Crippen molar-refractivity contribution in [2.24, 2.45) is 5.92 Å². The van der Waals surface area contributed by atoms with E-state index in [1.54, 1.807) is 0 Å². The molecule has 0 radical (unpaired) electrons. The molecule has 2 nitrogen and oxygen atoms in total. The lowest BCUT2D eigenvalue weighted by Gasteiger charge is -2.07. The molecule has 1 aliphatic heterocycles. The molecule has 1 aromatic rings. The van der Waals surface area contributed by atoms with Crippen LogP contribution in [0.1, 0.15) is 37.2 Å². The lowest BCUT2D eigenvalue weighted by atomic mass is 10.0. The second-order valence-electron chi connectivity index (χ2n) is 5.16. The predicted octanol–water partition coefficient (Wildman–Crippen LogP) is 2.93. The van der Waals surface area contributed by atoms with Crippen molar-refractivity contribution in [2.75, 3.05) is 6.61 Å². The molecule has 3 atom stereocenters. The number of ether oxygens (including phenoxy) is 1. The third kappa shape index (κ3) is 2.42. The number of ketones is 1. The van der Waals surface area contributed by atoms with Gasteiger partial charge in [0.1, 0.15) is 5.78 Å². The molecule has 1 aliphatic carbocycles. The summed E-state index contributed by atoms with van der Waals surface area (Å²) < 4.78 is 5.52. The molecule has 1 saturated heterocycles. The Hall–Kier alpha value is -1.15. The zero-order valence-electron chi connectivity index (χ0n) is 9.97. The minimum atomic E-state index is 0.208. The topological polar surface area (TPSA) is 26.3 Å². The molecule has 1 saturated carbocycles. The standard InChI is InChI=1S/C15H18O2/c16-15(9-12-7-4-8-17-12)14-10-13(14)11-5-2-1-3-6-11/h1-3,5-6,12-14H,4,7-10H2. The summed E-state index contributed by atoms with van der Waals surface area (Å²) in [5, 5.41) is 0. The Labute approximate surface area is 102 Å². The minimum Gasteiger partial charge on any atom is -0.378 e. The van der Waals surface area contributed by atoms with E-state index in [4.69, 9.17) is 4.74 Å². The predicted molar refractivity (Wildman–Crippen MR) is 65.9 cm³/mol. The maximum atomic E-state index is 12.1. The van der Waals surface area contributed by atoms with Gasteiger partial charge in [0.2, 0.25) is 0 Å². The lowest BCUT2D eigenvalue weighted by Crippen LogP contribution is -2.14. The van der Waals surface area contributed by atoms with Gasteiger partial charge in [-0.05, 0) is 30.7 Å². The van der Waals surface area contributed by atoms with Crippen LogP contribution in [-0.4, -0.2) is 18.5 Å². The number of hydrogen-bond acceptors (Lipinski definition) is 2. The highest BCUT2D eigenvalue weighted by Crippen LogP contribution is 2.48. The number of Topliss-reactive ketones (excluding diaryl/α,β-unsaturated/α-hetero) is 1. The van der Waals surface area contributed by atoms with E-state index in [9.17, 15) is 4.79 Å². The third-order valence-electron chi connectivity index (χ3n) is 3.88. The molecule has 1 heterocycles. The van der Waals surface area contributed by atoms with Gasteiger partial charge in [0, 0.05) is 18.9 Å². The molecule has 0 amide bonds. The Morgan fingerprint density at radius 2 is 2.12 bits per heavy atom. The molecular weight excluding hydrogens is 212 g/mol. The second-order valence-corrected chi connectivity index (χ2v) is 5.16. The van der Waals surface area contributed by atoms with E-state index in [0.717, 1.165) is 25.9 Å². The van der Waals surface area contributed by atoms with E-state index < -0.39 is 0 Å². The Bertz CT molecular complexity index is 393. The van der Waals surface area contributed by atoms with Crippen LogP contribution in [0.25, 0.3) is 0 Å². The fourth-order valence-corrected chi connectivity index (χ4v) is 2.80. The Morgan fingerprint density at radius 1 is 1.29 bits per heavy atom. The largest absolute Gasteiger partial charge is 0.378 e. The van der Waals surface area contributed by atoms with E-state index in [2.05, 4.69) is 24.3 Å². The lowest BCUT2D eigenvalue weighted by molar-refractivity contribution is -0.122. The van der Waals surface area contributed by atoms with Crippen LogP contribution in [0.2, 0.25) is 0 Å². The smallest absolute Gasteiger partial charge is 0.139 e. The van der Waals surface area contributed by atoms with Crippen LogP contribution in [0.15, 0.2) is 30.3 Å². The molecule has 2 aliphatic rings. The summed E-state index contributed by atoms with van der Waals surface area (Å²) in [6.45, 7) is 0.838. The van der Waals surface area contributed by atoms with E-state index in [0.29, 0.717) is 18.1 Å². The molecule has 17 heavy (non-hydrogen) atoms. The van der Waals surface area contributed by atoms with E-state index in [-0.39, 0.29) is 12.0 Å². The first-order chi connectivity index (χ1) is 8.34. The zero-order valence-corrected chi connectivity index (χ0v) is 9.97. The van der Waals surface area contributed by atoms with Gasteiger partial charge in [-0.3, -0.25) is 4.79 Å². The maximum Gasteiger partial charge on any atom is 0.139 e. The molecule has 3 unspecified atom stereocenters. The first kappa shape index (κ1) is 11.0. The summed E-state index contributed by atoms with van der Waals surface area (Å²) in [6, 6.07) is 10.4. The quantitative estimate of drug-likeness (QED) is 0.795. The molecule has 0 spiro atoms. The van der Waals surface area contributed by atoms with Crippen molar-refractivity contribution >= 4 is 5.78 Å². The summed E-state index contributed by atoms with van der Waals surface area (Å²) >= 11 is 0. The van der Waals surface area contributed by atoms with Crippen molar-refractivity contribution in [1.29, 1.82) is 0 Å². The molecule has 90 valence electrons. The molecule has 1 aromatic carbocycles. The highest BCUT2D eigenvalue weighted by molar-refractivity contribution is 5.85. The molecule has 3 rings (SSSR count). The summed E-state index contributed by atoms with van der Waals surface area (Å²) in [7, 11) is 0. The number of carbonyl (C=O) groups excluding carboxylic acids is 1. The molecule has 0 aromatic heterocycles. The van der Waals surface area contributed by atoms with E-state index in [1.165, 1.54) is 5.56 Å². The highest BCUT2D eigenvalue weighted by Gasteiger charge is 2.43. The van der Waals surface area contributed by atoms with Crippen LogP contribution in [0.4, 0.5) is 0 Å². The Kier molecular flexibility index (Phi) is 2.98. The van der Waals surface area contributed by atoms with Crippen LogP contribution in [0, 0.1) is 5.92 Å². The van der Waals surface area contributed by atoms with Crippen LogP contribution in [0.3, 0.4) is 0 Å². The van der Waals surface area contributed by atoms with Gasteiger partial charge in [0.05, 0.1) is 6.10 Å². The highest BCUT2D eigenvalue weighted by atomic mass is 16.5. The fourth-order valence-electron chi connectivity index (χ4n) is 2.80. The van der Waals surface area contributed by atoms with Gasteiger partial charge >= 0.3 is 0 Å². The van der Waals surface area contributed by atoms with Crippen molar-refractivity contribution in [3.63, 3.8) is 0 Å². The summed E-state index contributed by atoms with van der Waals surface area (Å²) in [4.78, 5) is 12.1. The third-order valence-corrected chi connectivity index (χ3v) is 3.88. The summed E-state index contributed by atoms with van der Waals surface area (Å²) in [6.07, 6.45) is 4.06. The normalized spacial score (nSPS) is 31.4. The van der Waals surface area contributed by atoms with Gasteiger partial charge in [-0.1, -0.05) is 30.3 Å². The van der Waals surface area contributed by atoms with Crippen LogP contribution < -0.4 is 0 Å². The Morgan fingerprint density at radius 3 is 2.82 bits per heavy atom. The number of hydrogen-bond donors (Lipinski definition) is 0. The van der Waals surface area contributed by atoms with Gasteiger partial charge in [-0.15, -0.1) is 0 Å². The Balaban J connectivity index is 1.55. The van der Waals surface area contributed by atoms with Crippen molar-refractivity contribution < 1.29 is 9.53 Å². The van der Waals surface area contributed by atoms with Crippen molar-refractivity contribution in [1.82, 2.24) is 0 Å².